The zero-order valence-corrected chi connectivity index (χ0v) is 20.1. The van der Waals surface area contributed by atoms with E-state index in [9.17, 15) is 8.42 Å². The first-order valence-corrected chi connectivity index (χ1v) is 13.2. The second-order valence-corrected chi connectivity index (χ2v) is 10.7. The van der Waals surface area contributed by atoms with Crippen molar-refractivity contribution in [1.29, 1.82) is 0 Å². The maximum absolute atomic E-state index is 12.0. The summed E-state index contributed by atoms with van der Waals surface area (Å²) in [5.74, 6) is 1.08. The van der Waals surface area contributed by atoms with Crippen LogP contribution in [0.15, 0.2) is 60.7 Å². The molecule has 5 nitrogen and oxygen atoms in total. The smallest absolute Gasteiger partial charge is 0.213 e. The Bertz CT molecular complexity index is 935. The topological polar surface area (TPSA) is 49.9 Å². The number of nitrogens with zero attached hydrogens (tertiary/aromatic N) is 2. The third-order valence-corrected chi connectivity index (χ3v) is 8.05. The van der Waals surface area contributed by atoms with Crippen molar-refractivity contribution in [2.75, 3.05) is 39.0 Å². The number of ether oxygens (including phenoxy) is 1. The van der Waals surface area contributed by atoms with Crippen molar-refractivity contribution in [2.45, 2.75) is 38.6 Å². The summed E-state index contributed by atoms with van der Waals surface area (Å²) in [6.07, 6.45) is 8.00. The molecule has 0 N–H and O–H groups in total. The van der Waals surface area contributed by atoms with Crippen molar-refractivity contribution in [2.24, 2.45) is 0 Å². The van der Waals surface area contributed by atoms with Gasteiger partial charge in [0.25, 0.3) is 0 Å². The lowest BCUT2D eigenvalue weighted by Crippen LogP contribution is -2.46. The van der Waals surface area contributed by atoms with Crippen LogP contribution in [0.3, 0.4) is 0 Å². The largest absolute Gasteiger partial charge is 0.494 e. The van der Waals surface area contributed by atoms with E-state index in [2.05, 4.69) is 41.3 Å². The van der Waals surface area contributed by atoms with Gasteiger partial charge in [-0.25, -0.2) is 12.7 Å². The first kappa shape index (κ1) is 24.5. The van der Waals surface area contributed by atoms with E-state index in [1.54, 1.807) is 18.3 Å². The lowest BCUT2D eigenvalue weighted by atomic mass is 10.1. The average Bonchev–Trinajstić information content (AvgIpc) is 2.83. The summed E-state index contributed by atoms with van der Waals surface area (Å²) in [5, 5.41) is 0. The maximum Gasteiger partial charge on any atom is 0.213 e. The molecule has 0 radical (unpaired) electrons. The molecule has 0 bridgehead atoms. The monoisotopic (exact) mass is 456 g/mol. The van der Waals surface area contributed by atoms with Gasteiger partial charge in [-0.2, -0.15) is 0 Å². The summed E-state index contributed by atoms with van der Waals surface area (Å²) in [4.78, 5) is 2.41. The van der Waals surface area contributed by atoms with Crippen LogP contribution in [0.1, 0.15) is 37.3 Å². The quantitative estimate of drug-likeness (QED) is 0.469. The summed E-state index contributed by atoms with van der Waals surface area (Å²) in [5.41, 5.74) is 2.48. The van der Waals surface area contributed by atoms with Gasteiger partial charge in [0, 0.05) is 19.6 Å². The van der Waals surface area contributed by atoms with Gasteiger partial charge in [0.2, 0.25) is 10.0 Å². The minimum Gasteiger partial charge on any atom is -0.494 e. The number of benzene rings is 2. The molecule has 1 aliphatic rings. The molecule has 0 spiro atoms. The molecule has 0 saturated carbocycles. The zero-order valence-electron chi connectivity index (χ0n) is 19.3. The third-order valence-electron chi connectivity index (χ3n) is 6.15. The number of sulfonamides is 1. The van der Waals surface area contributed by atoms with Crippen molar-refractivity contribution in [3.05, 3.63) is 71.8 Å². The van der Waals surface area contributed by atoms with Crippen molar-refractivity contribution in [1.82, 2.24) is 9.21 Å². The average molecular weight is 457 g/mol. The SMILES string of the molecule is CCS(=O)(=O)N(C)C1CCN(CCCOc2ccc(CC=Cc3ccccc3)cc2)CC1. The normalized spacial score (nSPS) is 16.1. The van der Waals surface area contributed by atoms with Gasteiger partial charge in [0.15, 0.2) is 0 Å². The summed E-state index contributed by atoms with van der Waals surface area (Å²) in [7, 11) is -1.38. The fraction of sp³-hybridized carbons (Fsp3) is 0.462. The maximum atomic E-state index is 12.0. The molecule has 2 aromatic carbocycles. The van der Waals surface area contributed by atoms with E-state index in [-0.39, 0.29) is 11.8 Å². The lowest BCUT2D eigenvalue weighted by Gasteiger charge is -2.36. The molecule has 0 unspecified atom stereocenters. The Hall–Kier alpha value is -2.15. The predicted molar refractivity (Wildman–Crippen MR) is 132 cm³/mol. The Morgan fingerprint density at radius 1 is 1.06 bits per heavy atom. The van der Waals surface area contributed by atoms with Crippen LogP contribution in [0.2, 0.25) is 0 Å². The van der Waals surface area contributed by atoms with Gasteiger partial charge in [-0.3, -0.25) is 0 Å². The van der Waals surface area contributed by atoms with Crippen LogP contribution >= 0.6 is 0 Å². The summed E-state index contributed by atoms with van der Waals surface area (Å²) >= 11 is 0. The second kappa shape index (κ2) is 12.2. The molecule has 3 rings (SSSR count). The highest BCUT2D eigenvalue weighted by molar-refractivity contribution is 7.89. The summed E-state index contributed by atoms with van der Waals surface area (Å²) in [6, 6.07) is 18.8. The van der Waals surface area contributed by atoms with Gasteiger partial charge in [-0.1, -0.05) is 54.6 Å². The lowest BCUT2D eigenvalue weighted by molar-refractivity contribution is 0.160. The standard InChI is InChI=1S/C26H36N2O3S/c1-3-32(29,30)27(2)25-17-20-28(21-18-25)19-8-22-31-26-15-13-24(14-16-26)12-7-11-23-9-5-4-6-10-23/h4-7,9-11,13-16,25H,3,8,12,17-22H2,1-2H3. The first-order valence-electron chi connectivity index (χ1n) is 11.6. The Kier molecular flexibility index (Phi) is 9.33. The molecule has 32 heavy (non-hydrogen) atoms. The van der Waals surface area contributed by atoms with Gasteiger partial charge in [0.1, 0.15) is 5.75 Å². The number of piperidine rings is 1. The number of rotatable bonds is 11. The van der Waals surface area contributed by atoms with E-state index in [1.165, 1.54) is 11.1 Å². The van der Waals surface area contributed by atoms with Crippen molar-refractivity contribution >= 4 is 16.1 Å². The van der Waals surface area contributed by atoms with Crippen LogP contribution in [0.5, 0.6) is 5.75 Å². The molecular weight excluding hydrogens is 420 g/mol. The number of allylic oxidation sites excluding steroid dienone is 1. The van der Waals surface area contributed by atoms with E-state index in [4.69, 9.17) is 4.74 Å². The number of hydrogen-bond acceptors (Lipinski definition) is 4. The van der Waals surface area contributed by atoms with Gasteiger partial charge < -0.3 is 9.64 Å². The van der Waals surface area contributed by atoms with Crippen LogP contribution in [-0.2, 0) is 16.4 Å². The Morgan fingerprint density at radius 3 is 2.41 bits per heavy atom. The van der Waals surface area contributed by atoms with Crippen LogP contribution in [0.25, 0.3) is 6.08 Å². The number of likely N-dealkylation sites (tertiary alicyclic amines) is 1. The van der Waals surface area contributed by atoms with Gasteiger partial charge in [0.05, 0.1) is 12.4 Å². The van der Waals surface area contributed by atoms with Gasteiger partial charge >= 0.3 is 0 Å². The molecular formula is C26H36N2O3S. The van der Waals surface area contributed by atoms with E-state index in [0.717, 1.165) is 51.1 Å². The van der Waals surface area contributed by atoms with Crippen LogP contribution in [0.4, 0.5) is 0 Å². The molecule has 0 amide bonds. The van der Waals surface area contributed by atoms with E-state index < -0.39 is 10.0 Å². The van der Waals surface area contributed by atoms with Crippen molar-refractivity contribution in [3.8, 4) is 5.75 Å². The highest BCUT2D eigenvalue weighted by Crippen LogP contribution is 2.19. The molecule has 0 aromatic heterocycles. The van der Waals surface area contributed by atoms with E-state index in [0.29, 0.717) is 6.61 Å². The Balaban J connectivity index is 1.32. The Labute approximate surface area is 193 Å². The molecule has 2 aromatic rings. The first-order chi connectivity index (χ1) is 15.5. The van der Waals surface area contributed by atoms with Crippen molar-refractivity contribution in [3.63, 3.8) is 0 Å². The van der Waals surface area contributed by atoms with Crippen LogP contribution in [0, 0.1) is 0 Å². The van der Waals surface area contributed by atoms with Gasteiger partial charge in [-0.15, -0.1) is 0 Å². The highest BCUT2D eigenvalue weighted by atomic mass is 32.2. The number of hydrogen-bond donors (Lipinski definition) is 0. The third kappa shape index (κ3) is 7.47. The Morgan fingerprint density at radius 2 is 1.75 bits per heavy atom. The molecule has 1 aliphatic heterocycles. The molecule has 1 saturated heterocycles. The molecule has 6 heteroatoms. The van der Waals surface area contributed by atoms with Gasteiger partial charge in [-0.05, 0) is 69.0 Å². The fourth-order valence-corrected chi connectivity index (χ4v) is 5.10. The zero-order chi connectivity index (χ0) is 22.8. The minimum atomic E-state index is -3.10. The fourth-order valence-electron chi connectivity index (χ4n) is 4.03. The highest BCUT2D eigenvalue weighted by Gasteiger charge is 2.28. The molecule has 174 valence electrons. The summed E-state index contributed by atoms with van der Waals surface area (Å²) in [6.45, 7) is 5.27. The van der Waals surface area contributed by atoms with Crippen LogP contribution in [-0.4, -0.2) is 62.7 Å². The molecule has 0 aliphatic carbocycles. The molecule has 0 atom stereocenters. The molecule has 1 heterocycles. The minimum absolute atomic E-state index is 0.133. The van der Waals surface area contributed by atoms with E-state index >= 15 is 0 Å². The predicted octanol–water partition coefficient (Wildman–Crippen LogP) is 4.46. The second-order valence-electron chi connectivity index (χ2n) is 8.35. The van der Waals surface area contributed by atoms with Crippen molar-refractivity contribution < 1.29 is 13.2 Å². The van der Waals surface area contributed by atoms with E-state index in [1.807, 2.05) is 30.3 Å². The summed E-state index contributed by atoms with van der Waals surface area (Å²) < 4.78 is 31.6. The van der Waals surface area contributed by atoms with Crippen LogP contribution < -0.4 is 4.74 Å². The molecule has 1 fully saturated rings.